The van der Waals surface area contributed by atoms with Gasteiger partial charge in [0.05, 0.1) is 23.1 Å². The molecule has 0 N–H and O–H groups in total. The third kappa shape index (κ3) is 2.78. The van der Waals surface area contributed by atoms with E-state index < -0.39 is 0 Å². The summed E-state index contributed by atoms with van der Waals surface area (Å²) < 4.78 is 8.09. The third-order valence-electron chi connectivity index (χ3n) is 4.14. The zero-order valence-electron chi connectivity index (χ0n) is 13.9. The van der Waals surface area contributed by atoms with Gasteiger partial charge in [0.25, 0.3) is 0 Å². The van der Waals surface area contributed by atoms with Crippen LogP contribution in [0.15, 0.2) is 65.0 Å². The molecule has 4 rings (SSSR count). The monoisotopic (exact) mass is 406 g/mol. The van der Waals surface area contributed by atoms with Crippen LogP contribution in [0.25, 0.3) is 34.4 Å². The molecule has 0 unspecified atom stereocenters. The number of nitrogens with zero attached hydrogens (tertiary/aromatic N) is 4. The molecule has 3 heterocycles. The first kappa shape index (κ1) is 16.5. The first-order valence-corrected chi connectivity index (χ1v) is 8.80. The van der Waals surface area contributed by atoms with Gasteiger partial charge in [-0.05, 0) is 39.7 Å². The van der Waals surface area contributed by atoms with Gasteiger partial charge in [0.1, 0.15) is 15.8 Å². The fourth-order valence-electron chi connectivity index (χ4n) is 2.91. The average molecular weight is 407 g/mol. The highest BCUT2D eigenvalue weighted by atomic mass is 79.9. The van der Waals surface area contributed by atoms with E-state index in [4.69, 9.17) is 4.52 Å². The van der Waals surface area contributed by atoms with Gasteiger partial charge in [0.2, 0.25) is 0 Å². The van der Waals surface area contributed by atoms with Crippen LogP contribution in [0, 0.1) is 0 Å². The Kier molecular flexibility index (Phi) is 4.26. The topological polar surface area (TPSA) is 56.7 Å². The van der Waals surface area contributed by atoms with E-state index in [0.717, 1.165) is 28.8 Å². The maximum Gasteiger partial charge on any atom is 0.169 e. The molecular formula is C20H15BrN4O. The van der Waals surface area contributed by atoms with E-state index in [-0.39, 0.29) is 0 Å². The molecule has 3 aromatic heterocycles. The van der Waals surface area contributed by atoms with Crippen LogP contribution in [0.4, 0.5) is 0 Å². The minimum atomic E-state index is 0.563. The van der Waals surface area contributed by atoms with Crippen molar-refractivity contribution in [2.45, 2.75) is 6.54 Å². The smallest absolute Gasteiger partial charge is 0.169 e. The predicted molar refractivity (Wildman–Crippen MR) is 106 cm³/mol. The number of aromatic nitrogens is 4. The molecule has 0 aliphatic rings. The molecule has 4 aromatic rings. The maximum atomic E-state index is 5.33. The second-order valence-corrected chi connectivity index (χ2v) is 6.49. The number of halogens is 1. The number of rotatable bonds is 5. The Morgan fingerprint density at radius 1 is 1.15 bits per heavy atom. The number of imidazole rings is 1. The summed E-state index contributed by atoms with van der Waals surface area (Å²) in [5.74, 6) is 0.563. The summed E-state index contributed by atoms with van der Waals surface area (Å²) in [4.78, 5) is 9.12. The number of hydrogen-bond donors (Lipinski definition) is 0. The minimum absolute atomic E-state index is 0.563. The number of pyridine rings is 1. The van der Waals surface area contributed by atoms with Crippen LogP contribution in [0.5, 0.6) is 0 Å². The summed E-state index contributed by atoms with van der Waals surface area (Å²) in [5.41, 5.74) is 5.10. The van der Waals surface area contributed by atoms with E-state index >= 15 is 0 Å². The van der Waals surface area contributed by atoms with Gasteiger partial charge in [0.15, 0.2) is 5.76 Å². The first-order chi connectivity index (χ1) is 12.7. The number of hydrogen-bond acceptors (Lipinski definition) is 4. The lowest BCUT2D eigenvalue weighted by molar-refractivity contribution is 0.411. The van der Waals surface area contributed by atoms with Crippen molar-refractivity contribution in [3.63, 3.8) is 0 Å². The second kappa shape index (κ2) is 6.72. The van der Waals surface area contributed by atoms with Crippen molar-refractivity contribution in [3.8, 4) is 11.3 Å². The van der Waals surface area contributed by atoms with Crippen molar-refractivity contribution >= 4 is 39.1 Å². The summed E-state index contributed by atoms with van der Waals surface area (Å²) in [6.07, 6.45) is 5.09. The van der Waals surface area contributed by atoms with Crippen LogP contribution in [-0.2, 0) is 6.54 Å². The second-order valence-electron chi connectivity index (χ2n) is 5.74. The normalized spacial score (nSPS) is 11.0. The lowest BCUT2D eigenvalue weighted by atomic mass is 10.1. The summed E-state index contributed by atoms with van der Waals surface area (Å²) in [6.45, 7) is 8.31. The quantitative estimate of drug-likeness (QED) is 0.428. The van der Waals surface area contributed by atoms with Gasteiger partial charge in [-0.25, -0.2) is 9.97 Å². The van der Waals surface area contributed by atoms with Gasteiger partial charge < -0.3 is 9.09 Å². The molecule has 0 aliphatic heterocycles. The van der Waals surface area contributed by atoms with Crippen molar-refractivity contribution in [3.05, 3.63) is 77.5 Å². The molecule has 0 fully saturated rings. The lowest BCUT2D eigenvalue weighted by Crippen LogP contribution is -1.98. The van der Waals surface area contributed by atoms with Crippen LogP contribution in [0.3, 0.4) is 0 Å². The molecule has 128 valence electrons. The van der Waals surface area contributed by atoms with Gasteiger partial charge in [0, 0.05) is 6.54 Å². The van der Waals surface area contributed by atoms with Crippen molar-refractivity contribution in [1.29, 1.82) is 0 Å². The van der Waals surface area contributed by atoms with Gasteiger partial charge in [-0.1, -0.05) is 48.6 Å². The van der Waals surface area contributed by atoms with Gasteiger partial charge in [-0.15, -0.1) is 0 Å². The molecule has 0 saturated heterocycles. The molecule has 0 aliphatic carbocycles. The van der Waals surface area contributed by atoms with E-state index in [2.05, 4.69) is 60.9 Å². The molecule has 0 bridgehead atoms. The van der Waals surface area contributed by atoms with Gasteiger partial charge in [-0.2, -0.15) is 0 Å². The minimum Gasteiger partial charge on any atom is -0.356 e. The predicted octanol–water partition coefficient (Wildman–Crippen LogP) is 5.18. The summed E-state index contributed by atoms with van der Waals surface area (Å²) in [6, 6.07) is 12.2. The van der Waals surface area contributed by atoms with Crippen LogP contribution >= 0.6 is 15.9 Å². The van der Waals surface area contributed by atoms with Gasteiger partial charge >= 0.3 is 0 Å². The Morgan fingerprint density at radius 2 is 1.96 bits per heavy atom. The van der Waals surface area contributed by atoms with E-state index in [9.17, 15) is 0 Å². The highest BCUT2D eigenvalue weighted by Gasteiger charge is 2.18. The first-order valence-electron chi connectivity index (χ1n) is 8.01. The maximum absolute atomic E-state index is 5.33. The van der Waals surface area contributed by atoms with Crippen LogP contribution < -0.4 is 0 Å². The van der Waals surface area contributed by atoms with Crippen molar-refractivity contribution < 1.29 is 4.52 Å². The average Bonchev–Trinajstić information content (AvgIpc) is 3.26. The fourth-order valence-corrected chi connectivity index (χ4v) is 3.41. The SMILES string of the molecule is C=Cc1noc(C=C)c1-c1cc2c(ncn2Cc2ccccc2)c(Br)n1. The van der Waals surface area contributed by atoms with E-state index in [0.29, 0.717) is 16.1 Å². The van der Waals surface area contributed by atoms with Crippen LogP contribution in [-0.4, -0.2) is 19.7 Å². The van der Waals surface area contributed by atoms with Crippen LogP contribution in [0.2, 0.25) is 0 Å². The van der Waals surface area contributed by atoms with Crippen LogP contribution in [0.1, 0.15) is 17.0 Å². The highest BCUT2D eigenvalue weighted by molar-refractivity contribution is 9.10. The molecule has 0 radical (unpaired) electrons. The largest absolute Gasteiger partial charge is 0.356 e. The molecule has 0 atom stereocenters. The number of benzene rings is 1. The standard InChI is InChI=1S/C20H15BrN4O/c1-3-14-18(17(4-2)26-24-14)15-10-16-19(20(21)23-15)22-12-25(16)11-13-8-6-5-7-9-13/h3-10,12H,1-2,11H2. The highest BCUT2D eigenvalue weighted by Crippen LogP contribution is 2.32. The Morgan fingerprint density at radius 3 is 2.69 bits per heavy atom. The summed E-state index contributed by atoms with van der Waals surface area (Å²) in [7, 11) is 0. The molecule has 6 heteroatoms. The van der Waals surface area contributed by atoms with Crippen molar-refractivity contribution in [2.24, 2.45) is 0 Å². The summed E-state index contributed by atoms with van der Waals surface area (Å²) in [5, 5.41) is 4.03. The number of fused-ring (bicyclic) bond motifs is 1. The Hall–Kier alpha value is -2.99. The van der Waals surface area contributed by atoms with E-state index in [1.54, 1.807) is 12.2 Å². The zero-order valence-corrected chi connectivity index (χ0v) is 15.5. The fraction of sp³-hybridized carbons (Fsp3) is 0.0500. The molecule has 26 heavy (non-hydrogen) atoms. The van der Waals surface area contributed by atoms with E-state index in [1.807, 2.05) is 30.6 Å². The third-order valence-corrected chi connectivity index (χ3v) is 4.69. The van der Waals surface area contributed by atoms with Gasteiger partial charge in [-0.3, -0.25) is 0 Å². The van der Waals surface area contributed by atoms with Crippen molar-refractivity contribution in [1.82, 2.24) is 19.7 Å². The Labute approximate surface area is 158 Å². The molecule has 1 aromatic carbocycles. The zero-order chi connectivity index (χ0) is 18.1. The molecule has 0 amide bonds. The lowest BCUT2D eigenvalue weighted by Gasteiger charge is -2.07. The molecule has 0 saturated carbocycles. The Balaban J connectivity index is 1.88. The molecular weight excluding hydrogens is 392 g/mol. The molecule has 5 nitrogen and oxygen atoms in total. The molecule has 0 spiro atoms. The Bertz CT molecular complexity index is 1090. The van der Waals surface area contributed by atoms with Crippen molar-refractivity contribution in [2.75, 3.05) is 0 Å². The van der Waals surface area contributed by atoms with E-state index in [1.165, 1.54) is 5.56 Å². The summed E-state index contributed by atoms with van der Waals surface area (Å²) >= 11 is 3.54.